The first kappa shape index (κ1) is 28.0. The molecule has 0 aromatic carbocycles. The van der Waals surface area contributed by atoms with Crippen molar-refractivity contribution in [3.63, 3.8) is 0 Å². The summed E-state index contributed by atoms with van der Waals surface area (Å²) in [5.41, 5.74) is 7.39. The van der Waals surface area contributed by atoms with Crippen LogP contribution in [0.25, 0.3) is 10.4 Å². The molecule has 13 heteroatoms. The van der Waals surface area contributed by atoms with Crippen LogP contribution in [0.2, 0.25) is 0 Å². The van der Waals surface area contributed by atoms with Crippen molar-refractivity contribution < 1.29 is 48.2 Å². The van der Waals surface area contributed by atoms with Crippen LogP contribution in [0.3, 0.4) is 0 Å². The third-order valence-electron chi connectivity index (χ3n) is 3.32. The summed E-state index contributed by atoms with van der Waals surface area (Å²) in [5, 5.41) is 20.6. The van der Waals surface area contributed by atoms with Crippen LogP contribution in [0.4, 0.5) is 0 Å². The zero-order chi connectivity index (χ0) is 22.5. The van der Waals surface area contributed by atoms with E-state index >= 15 is 0 Å². The van der Waals surface area contributed by atoms with E-state index in [1.807, 2.05) is 0 Å². The van der Waals surface area contributed by atoms with Crippen LogP contribution in [0.5, 0.6) is 0 Å². The maximum atomic E-state index is 10.6. The van der Waals surface area contributed by atoms with Gasteiger partial charge in [0, 0.05) is 16.9 Å². The lowest BCUT2D eigenvalue weighted by molar-refractivity contribution is -0.147. The minimum Gasteiger partial charge on any atom is -0.480 e. The Labute approximate surface area is 174 Å². The van der Waals surface area contributed by atoms with Gasteiger partial charge in [-0.2, -0.15) is 0 Å². The molecular weight excluding hydrogens is 406 g/mol. The molecule has 30 heavy (non-hydrogen) atoms. The average Bonchev–Trinajstić information content (AvgIpc) is 2.67. The molecular formula is C17H31N3O10. The molecule has 0 rings (SSSR count). The largest absolute Gasteiger partial charge is 0.480 e. The number of carbonyl (C=O) groups is 2. The lowest BCUT2D eigenvalue weighted by atomic mass is 9.94. The second-order valence-electron chi connectivity index (χ2n) is 6.43. The van der Waals surface area contributed by atoms with Gasteiger partial charge in [-0.3, -0.25) is 0 Å². The molecule has 0 radical (unpaired) electrons. The van der Waals surface area contributed by atoms with Crippen LogP contribution >= 0.6 is 0 Å². The number of nitrogens with zero attached hydrogens (tertiary/aromatic N) is 3. The molecule has 0 heterocycles. The zero-order valence-electron chi connectivity index (χ0n) is 17.2. The Morgan fingerprint density at radius 1 is 0.767 bits per heavy atom. The fraction of sp³-hybridized carbons (Fsp3) is 0.882. The summed E-state index contributed by atoms with van der Waals surface area (Å²) >= 11 is 0. The van der Waals surface area contributed by atoms with E-state index in [1.54, 1.807) is 6.92 Å². The first-order valence-corrected chi connectivity index (χ1v) is 9.30. The molecule has 0 aromatic heterocycles. The highest BCUT2D eigenvalue weighted by molar-refractivity contribution is 5.68. The molecule has 0 saturated carbocycles. The first-order chi connectivity index (χ1) is 14.4. The number of hydrogen-bond acceptors (Lipinski definition) is 9. The maximum Gasteiger partial charge on any atom is 0.329 e. The molecule has 2 N–H and O–H groups in total. The standard InChI is InChI=1S/C17H31N3O10/c1-17(13-29-10-15(21)22,14-30-11-16(23)24)12-28-9-8-27-7-6-26-5-4-25-3-2-19-20-18/h2-14H2,1H3,(H,21,22)(H,23,24). The molecule has 0 fully saturated rings. The first-order valence-electron chi connectivity index (χ1n) is 9.30. The average molecular weight is 437 g/mol. The van der Waals surface area contributed by atoms with Crippen molar-refractivity contribution in [2.24, 2.45) is 10.5 Å². The van der Waals surface area contributed by atoms with Crippen molar-refractivity contribution >= 4 is 11.9 Å². The van der Waals surface area contributed by atoms with Crippen molar-refractivity contribution in [1.29, 1.82) is 0 Å². The SMILES string of the molecule is CC(COCCOCCOCCOCCN=[N+]=[N-])(COCC(=O)O)COCC(=O)O. The van der Waals surface area contributed by atoms with Gasteiger partial charge in [0.15, 0.2) is 0 Å². The van der Waals surface area contributed by atoms with Crippen LogP contribution in [-0.4, -0.2) is 108 Å². The smallest absolute Gasteiger partial charge is 0.329 e. The van der Waals surface area contributed by atoms with Crippen molar-refractivity contribution in [2.75, 3.05) is 85.8 Å². The molecule has 13 nitrogen and oxygen atoms in total. The Bertz CT molecular complexity index is 494. The van der Waals surface area contributed by atoms with E-state index in [9.17, 15) is 9.59 Å². The summed E-state index contributed by atoms with van der Waals surface area (Å²) in [6.45, 7) is 3.91. The summed E-state index contributed by atoms with van der Waals surface area (Å²) < 4.78 is 31.6. The summed E-state index contributed by atoms with van der Waals surface area (Å²) in [6, 6.07) is 0. The van der Waals surface area contributed by atoms with Gasteiger partial charge >= 0.3 is 11.9 Å². The van der Waals surface area contributed by atoms with Gasteiger partial charge < -0.3 is 38.6 Å². The molecule has 0 unspecified atom stereocenters. The van der Waals surface area contributed by atoms with Crippen molar-refractivity contribution in [3.8, 4) is 0 Å². The Balaban J connectivity index is 3.79. The lowest BCUT2D eigenvalue weighted by Gasteiger charge is -2.28. The van der Waals surface area contributed by atoms with Gasteiger partial charge in [-0.25, -0.2) is 9.59 Å². The summed E-state index contributed by atoms with van der Waals surface area (Å²) in [5.74, 6) is -2.19. The van der Waals surface area contributed by atoms with Crippen LogP contribution in [-0.2, 0) is 38.0 Å². The van der Waals surface area contributed by atoms with E-state index in [-0.39, 0.29) is 33.0 Å². The number of hydrogen-bond donors (Lipinski definition) is 2. The highest BCUT2D eigenvalue weighted by Crippen LogP contribution is 2.18. The summed E-state index contributed by atoms with van der Waals surface area (Å²) in [6.07, 6.45) is 0. The highest BCUT2D eigenvalue weighted by Gasteiger charge is 2.26. The fourth-order valence-electron chi connectivity index (χ4n) is 2.02. The molecule has 0 aliphatic rings. The molecule has 0 amide bonds. The molecule has 0 spiro atoms. The van der Waals surface area contributed by atoms with Gasteiger partial charge in [0.25, 0.3) is 0 Å². The third kappa shape index (κ3) is 19.3. The molecule has 0 aliphatic carbocycles. The molecule has 0 aliphatic heterocycles. The molecule has 0 aromatic rings. The third-order valence-corrected chi connectivity index (χ3v) is 3.32. The van der Waals surface area contributed by atoms with Crippen LogP contribution in [0.15, 0.2) is 5.11 Å². The number of rotatable bonds is 22. The van der Waals surface area contributed by atoms with E-state index < -0.39 is 30.6 Å². The molecule has 174 valence electrons. The van der Waals surface area contributed by atoms with E-state index in [0.717, 1.165) is 0 Å². The summed E-state index contributed by atoms with van der Waals surface area (Å²) in [4.78, 5) is 23.8. The number of ether oxygens (including phenoxy) is 6. The normalized spacial score (nSPS) is 11.2. The number of azide groups is 1. The summed E-state index contributed by atoms with van der Waals surface area (Å²) in [7, 11) is 0. The van der Waals surface area contributed by atoms with Gasteiger partial charge in [0.2, 0.25) is 0 Å². The predicted molar refractivity (Wildman–Crippen MR) is 102 cm³/mol. The Morgan fingerprint density at radius 3 is 1.60 bits per heavy atom. The molecule has 0 bridgehead atoms. The number of carboxylic acids is 2. The van der Waals surface area contributed by atoms with Crippen molar-refractivity contribution in [2.45, 2.75) is 6.92 Å². The fourth-order valence-corrected chi connectivity index (χ4v) is 2.02. The Morgan fingerprint density at radius 2 is 1.17 bits per heavy atom. The highest BCUT2D eigenvalue weighted by atomic mass is 16.6. The zero-order valence-corrected chi connectivity index (χ0v) is 17.2. The van der Waals surface area contributed by atoms with Gasteiger partial charge in [-0.05, 0) is 5.53 Å². The minimum atomic E-state index is -1.10. The van der Waals surface area contributed by atoms with Crippen molar-refractivity contribution in [3.05, 3.63) is 10.4 Å². The second kappa shape index (κ2) is 19.0. The second-order valence-corrected chi connectivity index (χ2v) is 6.43. The monoisotopic (exact) mass is 437 g/mol. The van der Waals surface area contributed by atoms with Gasteiger partial charge in [0.1, 0.15) is 13.2 Å². The quantitative estimate of drug-likeness (QED) is 0.105. The topological polar surface area (TPSA) is 179 Å². The number of aliphatic carboxylic acids is 2. The van der Waals surface area contributed by atoms with E-state index in [2.05, 4.69) is 10.0 Å². The molecule has 0 saturated heterocycles. The lowest BCUT2D eigenvalue weighted by Crippen LogP contribution is -2.36. The van der Waals surface area contributed by atoms with Crippen molar-refractivity contribution in [1.82, 2.24) is 0 Å². The number of carboxylic acid groups (broad SMARTS) is 2. The van der Waals surface area contributed by atoms with Crippen LogP contribution in [0, 0.1) is 5.41 Å². The van der Waals surface area contributed by atoms with E-state index in [0.29, 0.717) is 39.6 Å². The Hall–Kier alpha value is -1.99. The van der Waals surface area contributed by atoms with Crippen LogP contribution < -0.4 is 0 Å². The van der Waals surface area contributed by atoms with Gasteiger partial charge in [0.05, 0.1) is 66.1 Å². The molecule has 0 atom stereocenters. The maximum absolute atomic E-state index is 10.6. The van der Waals surface area contributed by atoms with Gasteiger partial charge in [-0.15, -0.1) is 0 Å². The van der Waals surface area contributed by atoms with Crippen LogP contribution in [0.1, 0.15) is 6.92 Å². The Kier molecular flexibility index (Phi) is 17.7. The minimum absolute atomic E-state index is 0.0402. The van der Waals surface area contributed by atoms with Gasteiger partial charge in [-0.1, -0.05) is 12.0 Å². The predicted octanol–water partition coefficient (Wildman–Crippen LogP) is 0.572. The van der Waals surface area contributed by atoms with E-state index in [1.165, 1.54) is 0 Å². The van der Waals surface area contributed by atoms with E-state index in [4.69, 9.17) is 44.2 Å².